The summed E-state index contributed by atoms with van der Waals surface area (Å²) in [6.07, 6.45) is 0. The summed E-state index contributed by atoms with van der Waals surface area (Å²) >= 11 is 7.46. The van der Waals surface area contributed by atoms with Gasteiger partial charge in [0, 0.05) is 10.8 Å². The van der Waals surface area contributed by atoms with E-state index in [2.05, 4.69) is 4.98 Å². The molecule has 22 heavy (non-hydrogen) atoms. The summed E-state index contributed by atoms with van der Waals surface area (Å²) in [6.45, 7) is 0.128. The zero-order valence-corrected chi connectivity index (χ0v) is 13.3. The number of thioether (sulfide) groups is 1. The molecule has 1 aromatic heterocycles. The van der Waals surface area contributed by atoms with Gasteiger partial charge in [0.25, 0.3) is 0 Å². The van der Waals surface area contributed by atoms with Gasteiger partial charge in [-0.15, -0.1) is 0 Å². The molecular formula is C16H14ClN3OS. The number of nitrogens with zero attached hydrogens (tertiary/aromatic N) is 2. The highest BCUT2D eigenvalue weighted by Crippen LogP contribution is 2.27. The summed E-state index contributed by atoms with van der Waals surface area (Å²) in [6, 6.07) is 15.4. The molecule has 0 bridgehead atoms. The molecule has 4 nitrogen and oxygen atoms in total. The maximum Gasteiger partial charge on any atom is 0.237 e. The minimum Gasteiger partial charge on any atom is -0.368 e. The summed E-state index contributed by atoms with van der Waals surface area (Å²) in [5, 5.41) is 1.50. The average Bonchev–Trinajstić information content (AvgIpc) is 2.84. The van der Waals surface area contributed by atoms with Crippen molar-refractivity contribution in [2.45, 2.75) is 17.5 Å². The van der Waals surface area contributed by atoms with E-state index in [1.54, 1.807) is 11.8 Å². The van der Waals surface area contributed by atoms with E-state index in [1.165, 1.54) is 0 Å². The number of rotatable bonds is 5. The van der Waals surface area contributed by atoms with Crippen LogP contribution in [0.2, 0.25) is 5.02 Å². The third-order valence-corrected chi connectivity index (χ3v) is 4.51. The van der Waals surface area contributed by atoms with Gasteiger partial charge < -0.3 is 10.3 Å². The molecule has 0 fully saturated rings. The molecule has 1 heterocycles. The Morgan fingerprint density at radius 3 is 2.64 bits per heavy atom. The van der Waals surface area contributed by atoms with Crippen LogP contribution in [-0.4, -0.2) is 15.5 Å². The van der Waals surface area contributed by atoms with Crippen molar-refractivity contribution in [2.24, 2.45) is 5.73 Å². The lowest BCUT2D eigenvalue weighted by Gasteiger charge is -2.06. The van der Waals surface area contributed by atoms with Crippen molar-refractivity contribution in [1.29, 1.82) is 0 Å². The Balaban J connectivity index is 1.88. The smallest absolute Gasteiger partial charge is 0.237 e. The number of nitrogens with two attached hydrogens (primary N) is 1. The summed E-state index contributed by atoms with van der Waals surface area (Å²) in [5.74, 6) is 0.371. The quantitative estimate of drug-likeness (QED) is 0.728. The predicted molar refractivity (Wildman–Crippen MR) is 89.9 cm³/mol. The molecular weight excluding hydrogens is 318 g/mol. The lowest BCUT2D eigenvalue weighted by molar-refractivity contribution is -0.118. The van der Waals surface area contributed by atoms with Crippen molar-refractivity contribution in [3.63, 3.8) is 0 Å². The highest BCUT2D eigenvalue weighted by atomic mass is 35.5. The Morgan fingerprint density at radius 2 is 1.91 bits per heavy atom. The number of hydrogen-bond donors (Lipinski definition) is 1. The van der Waals surface area contributed by atoms with Crippen LogP contribution in [0.15, 0.2) is 53.7 Å². The first-order valence-electron chi connectivity index (χ1n) is 6.74. The standard InChI is InChI=1S/C16H14ClN3OS/c17-12-7-5-11(6-8-12)10-22-16-19-13-3-1-2-4-14(13)20(16)9-15(18)21/h1-8H,9-10H2,(H2,18,21). The first kappa shape index (κ1) is 14.9. The molecule has 0 atom stereocenters. The molecule has 3 aromatic rings. The average molecular weight is 332 g/mol. The molecule has 0 radical (unpaired) electrons. The van der Waals surface area contributed by atoms with Crippen LogP contribution in [0.3, 0.4) is 0 Å². The molecule has 0 saturated carbocycles. The molecule has 3 rings (SSSR count). The fourth-order valence-electron chi connectivity index (χ4n) is 2.20. The molecule has 0 aliphatic rings. The zero-order valence-electron chi connectivity index (χ0n) is 11.7. The molecule has 0 saturated heterocycles. The number of carbonyl (C=O) groups is 1. The number of fused-ring (bicyclic) bond motifs is 1. The minimum atomic E-state index is -0.378. The van der Waals surface area contributed by atoms with E-state index in [4.69, 9.17) is 17.3 Å². The van der Waals surface area contributed by atoms with Crippen molar-refractivity contribution in [3.8, 4) is 0 Å². The first-order chi connectivity index (χ1) is 10.6. The fourth-order valence-corrected chi connectivity index (χ4v) is 3.30. The van der Waals surface area contributed by atoms with E-state index in [1.807, 2.05) is 53.1 Å². The second-order valence-corrected chi connectivity index (χ2v) is 6.23. The van der Waals surface area contributed by atoms with Crippen molar-refractivity contribution in [3.05, 3.63) is 59.1 Å². The predicted octanol–water partition coefficient (Wildman–Crippen LogP) is 3.47. The van der Waals surface area contributed by atoms with Gasteiger partial charge in [-0.25, -0.2) is 4.98 Å². The normalized spacial score (nSPS) is 11.0. The minimum absolute atomic E-state index is 0.128. The number of carbonyl (C=O) groups excluding carboxylic acids is 1. The van der Waals surface area contributed by atoms with E-state index in [0.717, 1.165) is 32.5 Å². The molecule has 1 amide bonds. The van der Waals surface area contributed by atoms with Gasteiger partial charge in [-0.2, -0.15) is 0 Å². The maximum atomic E-state index is 11.3. The van der Waals surface area contributed by atoms with Crippen LogP contribution >= 0.6 is 23.4 Å². The van der Waals surface area contributed by atoms with Gasteiger partial charge in [-0.05, 0) is 29.8 Å². The number of para-hydroxylation sites is 2. The van der Waals surface area contributed by atoms with E-state index in [0.29, 0.717) is 0 Å². The summed E-state index contributed by atoms with van der Waals surface area (Å²) in [7, 11) is 0. The van der Waals surface area contributed by atoms with E-state index >= 15 is 0 Å². The van der Waals surface area contributed by atoms with Gasteiger partial charge in [-0.1, -0.05) is 47.6 Å². The van der Waals surface area contributed by atoms with Crippen LogP contribution in [0, 0.1) is 0 Å². The number of halogens is 1. The Bertz CT molecular complexity index is 814. The first-order valence-corrected chi connectivity index (χ1v) is 8.10. The lowest BCUT2D eigenvalue weighted by atomic mass is 10.2. The Labute approximate surface area is 137 Å². The van der Waals surface area contributed by atoms with Crippen molar-refractivity contribution in [2.75, 3.05) is 0 Å². The van der Waals surface area contributed by atoms with Crippen LogP contribution in [0.5, 0.6) is 0 Å². The van der Waals surface area contributed by atoms with Crippen LogP contribution in [-0.2, 0) is 17.1 Å². The highest BCUT2D eigenvalue weighted by molar-refractivity contribution is 7.98. The molecule has 0 aliphatic heterocycles. The van der Waals surface area contributed by atoms with Gasteiger partial charge in [-0.3, -0.25) is 4.79 Å². The van der Waals surface area contributed by atoms with Crippen molar-refractivity contribution >= 4 is 40.3 Å². The molecule has 6 heteroatoms. The van der Waals surface area contributed by atoms with Gasteiger partial charge in [0.15, 0.2) is 5.16 Å². The number of aromatic nitrogens is 2. The van der Waals surface area contributed by atoms with Crippen molar-refractivity contribution in [1.82, 2.24) is 9.55 Å². The second-order valence-electron chi connectivity index (χ2n) is 4.85. The molecule has 112 valence electrons. The van der Waals surface area contributed by atoms with Crippen LogP contribution in [0.1, 0.15) is 5.56 Å². The molecule has 0 spiro atoms. The van der Waals surface area contributed by atoms with Crippen LogP contribution in [0.25, 0.3) is 11.0 Å². The third-order valence-electron chi connectivity index (χ3n) is 3.21. The Morgan fingerprint density at radius 1 is 1.18 bits per heavy atom. The summed E-state index contributed by atoms with van der Waals surface area (Å²) < 4.78 is 1.86. The van der Waals surface area contributed by atoms with Gasteiger partial charge in [0.2, 0.25) is 5.91 Å². The Kier molecular flexibility index (Phi) is 4.36. The monoisotopic (exact) mass is 331 g/mol. The topological polar surface area (TPSA) is 60.9 Å². The number of hydrogen-bond acceptors (Lipinski definition) is 3. The summed E-state index contributed by atoms with van der Waals surface area (Å²) in [5.41, 5.74) is 8.28. The fraction of sp³-hybridized carbons (Fsp3) is 0.125. The number of imidazole rings is 1. The maximum absolute atomic E-state index is 11.3. The Hall–Kier alpha value is -1.98. The third kappa shape index (κ3) is 3.26. The molecule has 0 aliphatic carbocycles. The van der Waals surface area contributed by atoms with Crippen LogP contribution < -0.4 is 5.73 Å². The van der Waals surface area contributed by atoms with E-state index in [9.17, 15) is 4.79 Å². The molecule has 2 N–H and O–H groups in total. The largest absolute Gasteiger partial charge is 0.368 e. The van der Waals surface area contributed by atoms with Gasteiger partial charge in [0.1, 0.15) is 6.54 Å². The van der Waals surface area contributed by atoms with Gasteiger partial charge in [0.05, 0.1) is 11.0 Å². The zero-order chi connectivity index (χ0) is 15.5. The SMILES string of the molecule is NC(=O)Cn1c(SCc2ccc(Cl)cc2)nc2ccccc21. The van der Waals surface area contributed by atoms with Gasteiger partial charge >= 0.3 is 0 Å². The van der Waals surface area contributed by atoms with Crippen LogP contribution in [0.4, 0.5) is 0 Å². The highest BCUT2D eigenvalue weighted by Gasteiger charge is 2.12. The molecule has 0 unspecified atom stereocenters. The summed E-state index contributed by atoms with van der Waals surface area (Å²) in [4.78, 5) is 15.9. The lowest BCUT2D eigenvalue weighted by Crippen LogP contribution is -2.19. The van der Waals surface area contributed by atoms with E-state index < -0.39 is 0 Å². The number of benzene rings is 2. The number of amides is 1. The van der Waals surface area contributed by atoms with E-state index in [-0.39, 0.29) is 12.5 Å². The second kappa shape index (κ2) is 6.42. The van der Waals surface area contributed by atoms with Crippen molar-refractivity contribution < 1.29 is 4.79 Å². The molecule has 2 aromatic carbocycles. The number of primary amides is 1.